The molecule has 0 aromatic heterocycles. The molecule has 18 heavy (non-hydrogen) atoms. The van der Waals surface area contributed by atoms with Crippen molar-refractivity contribution in [3.05, 3.63) is 58.1 Å². The van der Waals surface area contributed by atoms with Crippen molar-refractivity contribution < 1.29 is 13.5 Å². The predicted octanol–water partition coefficient (Wildman–Crippen LogP) is 5.26. The maximum atomic E-state index is 13.5. The highest BCUT2D eigenvalue weighted by Crippen LogP contribution is 2.30. The Labute approximate surface area is 116 Å². The molecule has 0 radical (unpaired) electrons. The molecule has 0 aliphatic heterocycles. The van der Waals surface area contributed by atoms with Gasteiger partial charge in [0.2, 0.25) is 0 Å². The van der Waals surface area contributed by atoms with Gasteiger partial charge in [0.15, 0.2) is 11.6 Å². The molecule has 2 aromatic carbocycles. The van der Waals surface area contributed by atoms with Crippen LogP contribution in [0.15, 0.2) is 40.9 Å². The highest BCUT2D eigenvalue weighted by Gasteiger charge is 2.09. The molecule has 0 aliphatic rings. The lowest BCUT2D eigenvalue weighted by Crippen LogP contribution is -1.93. The minimum atomic E-state index is -0.497. The number of rotatable bonds is 3. The van der Waals surface area contributed by atoms with Crippen molar-refractivity contribution in [2.75, 3.05) is 0 Å². The molecule has 0 heterocycles. The molecule has 0 spiro atoms. The van der Waals surface area contributed by atoms with Crippen molar-refractivity contribution in [1.29, 1.82) is 0 Å². The monoisotopic (exact) mass is 332 g/mol. The van der Waals surface area contributed by atoms with Crippen molar-refractivity contribution >= 4 is 27.5 Å². The van der Waals surface area contributed by atoms with Gasteiger partial charge in [-0.05, 0) is 36.4 Å². The molecule has 0 amide bonds. The van der Waals surface area contributed by atoms with Gasteiger partial charge in [-0.25, -0.2) is 8.78 Å². The molecule has 0 unspecified atom stereocenters. The Kier molecular flexibility index (Phi) is 4.19. The molecule has 0 atom stereocenters. The van der Waals surface area contributed by atoms with Crippen molar-refractivity contribution in [3.8, 4) is 11.5 Å². The second kappa shape index (κ2) is 5.67. The van der Waals surface area contributed by atoms with E-state index in [0.717, 1.165) is 0 Å². The molecular formula is C13H8BrClF2O. The molecule has 94 valence electrons. The Hall–Kier alpha value is -1.13. The molecule has 0 saturated carbocycles. The van der Waals surface area contributed by atoms with E-state index in [2.05, 4.69) is 15.9 Å². The van der Waals surface area contributed by atoms with Gasteiger partial charge in [0.25, 0.3) is 0 Å². The fraction of sp³-hybridized carbons (Fsp3) is 0.0769. The molecule has 2 aromatic rings. The molecule has 5 heteroatoms. The average Bonchev–Trinajstić information content (AvgIpc) is 2.36. The first kappa shape index (κ1) is 13.3. The summed E-state index contributed by atoms with van der Waals surface area (Å²) in [6.07, 6.45) is 0. The first-order valence-corrected chi connectivity index (χ1v) is 6.40. The van der Waals surface area contributed by atoms with Gasteiger partial charge in [-0.2, -0.15) is 0 Å². The Morgan fingerprint density at radius 1 is 1.06 bits per heavy atom. The maximum absolute atomic E-state index is 13.5. The van der Waals surface area contributed by atoms with Crippen LogP contribution in [0.2, 0.25) is 0 Å². The van der Waals surface area contributed by atoms with Gasteiger partial charge in [0, 0.05) is 10.0 Å². The van der Waals surface area contributed by atoms with E-state index in [0.29, 0.717) is 15.8 Å². The molecular weight excluding hydrogens is 325 g/mol. The number of halogens is 4. The highest BCUT2D eigenvalue weighted by molar-refractivity contribution is 9.10. The lowest BCUT2D eigenvalue weighted by Gasteiger charge is -2.10. The van der Waals surface area contributed by atoms with Crippen LogP contribution in [0.5, 0.6) is 11.5 Å². The zero-order valence-corrected chi connectivity index (χ0v) is 11.4. The average molecular weight is 334 g/mol. The van der Waals surface area contributed by atoms with Gasteiger partial charge in [-0.3, -0.25) is 0 Å². The molecule has 0 N–H and O–H groups in total. The first-order valence-electron chi connectivity index (χ1n) is 5.07. The van der Waals surface area contributed by atoms with Crippen LogP contribution in [0.4, 0.5) is 8.78 Å². The normalized spacial score (nSPS) is 10.4. The van der Waals surface area contributed by atoms with E-state index in [1.54, 1.807) is 6.07 Å². The third kappa shape index (κ3) is 3.00. The summed E-state index contributed by atoms with van der Waals surface area (Å²) in [6, 6.07) is 8.27. The van der Waals surface area contributed by atoms with Gasteiger partial charge in [-0.15, -0.1) is 11.6 Å². The second-order valence-electron chi connectivity index (χ2n) is 3.56. The molecule has 0 fully saturated rings. The number of ether oxygens (including phenoxy) is 1. The van der Waals surface area contributed by atoms with Gasteiger partial charge in [0.1, 0.15) is 11.6 Å². The summed E-state index contributed by atoms with van der Waals surface area (Å²) >= 11 is 8.92. The minimum absolute atomic E-state index is 0.0577. The summed E-state index contributed by atoms with van der Waals surface area (Å²) in [5, 5.41) is 0. The Balaban J connectivity index is 2.36. The van der Waals surface area contributed by atoms with Crippen molar-refractivity contribution in [1.82, 2.24) is 0 Å². The molecule has 0 bridgehead atoms. The van der Waals surface area contributed by atoms with Gasteiger partial charge < -0.3 is 4.74 Å². The lowest BCUT2D eigenvalue weighted by molar-refractivity contribution is 0.437. The third-order valence-corrected chi connectivity index (χ3v) is 3.06. The van der Waals surface area contributed by atoms with E-state index in [-0.39, 0.29) is 11.6 Å². The van der Waals surface area contributed by atoms with Crippen LogP contribution in [0, 0.1) is 11.6 Å². The summed E-state index contributed by atoms with van der Waals surface area (Å²) in [6.45, 7) is 0. The summed E-state index contributed by atoms with van der Waals surface area (Å²) < 4.78 is 32.6. The summed E-state index contributed by atoms with van der Waals surface area (Å²) in [4.78, 5) is 0. The quantitative estimate of drug-likeness (QED) is 0.696. The number of alkyl halides is 1. The van der Waals surface area contributed by atoms with Crippen LogP contribution in [-0.2, 0) is 5.88 Å². The Morgan fingerprint density at radius 2 is 1.83 bits per heavy atom. The summed E-state index contributed by atoms with van der Waals surface area (Å²) in [5.41, 5.74) is 0.469. The van der Waals surface area contributed by atoms with Crippen LogP contribution in [0.25, 0.3) is 0 Å². The van der Waals surface area contributed by atoms with Crippen LogP contribution in [-0.4, -0.2) is 0 Å². The number of hydrogen-bond donors (Lipinski definition) is 0. The minimum Gasteiger partial charge on any atom is -0.454 e. The summed E-state index contributed by atoms with van der Waals surface area (Å²) in [7, 11) is 0. The van der Waals surface area contributed by atoms with Crippen LogP contribution >= 0.6 is 27.5 Å². The standard InChI is InChI=1S/C13H8BrClF2O/c14-9-1-3-11(17)13(6-9)18-12-4-2-10(16)5-8(12)7-15/h1-6H,7H2. The SMILES string of the molecule is Fc1ccc(Oc2cc(Br)ccc2F)c(CCl)c1. The Bertz CT molecular complexity index is 575. The largest absolute Gasteiger partial charge is 0.454 e. The smallest absolute Gasteiger partial charge is 0.165 e. The third-order valence-electron chi connectivity index (χ3n) is 2.28. The molecule has 0 saturated heterocycles. The van der Waals surface area contributed by atoms with Crippen molar-refractivity contribution in [2.24, 2.45) is 0 Å². The van der Waals surface area contributed by atoms with Crippen LogP contribution in [0.3, 0.4) is 0 Å². The lowest BCUT2D eigenvalue weighted by atomic mass is 10.2. The maximum Gasteiger partial charge on any atom is 0.165 e. The second-order valence-corrected chi connectivity index (χ2v) is 4.75. The van der Waals surface area contributed by atoms with Gasteiger partial charge >= 0.3 is 0 Å². The highest BCUT2D eigenvalue weighted by atomic mass is 79.9. The van der Waals surface area contributed by atoms with E-state index in [1.807, 2.05) is 0 Å². The predicted molar refractivity (Wildman–Crippen MR) is 70.1 cm³/mol. The van der Waals surface area contributed by atoms with E-state index < -0.39 is 11.6 Å². The molecule has 2 rings (SSSR count). The van der Waals surface area contributed by atoms with Crippen molar-refractivity contribution in [3.63, 3.8) is 0 Å². The Morgan fingerprint density at radius 3 is 2.56 bits per heavy atom. The molecule has 1 nitrogen and oxygen atoms in total. The van der Waals surface area contributed by atoms with E-state index in [4.69, 9.17) is 16.3 Å². The first-order chi connectivity index (χ1) is 8.60. The molecule has 0 aliphatic carbocycles. The van der Waals surface area contributed by atoms with Crippen molar-refractivity contribution in [2.45, 2.75) is 5.88 Å². The fourth-order valence-corrected chi connectivity index (χ4v) is 1.97. The van der Waals surface area contributed by atoms with Crippen LogP contribution < -0.4 is 4.74 Å². The van der Waals surface area contributed by atoms with Gasteiger partial charge in [0.05, 0.1) is 5.88 Å². The van der Waals surface area contributed by atoms with E-state index in [1.165, 1.54) is 30.3 Å². The fourth-order valence-electron chi connectivity index (χ4n) is 1.43. The van der Waals surface area contributed by atoms with Crippen LogP contribution in [0.1, 0.15) is 5.56 Å². The zero-order chi connectivity index (χ0) is 13.1. The summed E-state index contributed by atoms with van der Waals surface area (Å²) in [5.74, 6) is -0.426. The zero-order valence-electron chi connectivity index (χ0n) is 9.09. The number of hydrogen-bond acceptors (Lipinski definition) is 1. The van der Waals surface area contributed by atoms with E-state index in [9.17, 15) is 8.78 Å². The van der Waals surface area contributed by atoms with E-state index >= 15 is 0 Å². The topological polar surface area (TPSA) is 9.23 Å². The number of benzene rings is 2. The van der Waals surface area contributed by atoms with Gasteiger partial charge in [-0.1, -0.05) is 15.9 Å².